The number of carbonyl (C=O) groups excluding carboxylic acids is 1. The number of amides is 1. The molecule has 0 radical (unpaired) electrons. The fraction of sp³-hybridized carbons (Fsp3) is 0.100. The minimum absolute atomic E-state index is 0.127. The Labute approximate surface area is 101 Å². The topological polar surface area (TPSA) is 114 Å². The summed E-state index contributed by atoms with van der Waals surface area (Å²) in [5.74, 6) is -0.303. The van der Waals surface area contributed by atoms with Gasteiger partial charge in [0.15, 0.2) is 0 Å². The van der Waals surface area contributed by atoms with Gasteiger partial charge in [0.25, 0.3) is 11.6 Å². The van der Waals surface area contributed by atoms with Gasteiger partial charge in [0, 0.05) is 17.7 Å². The summed E-state index contributed by atoms with van der Waals surface area (Å²) in [6.07, 6.45) is 1.24. The van der Waals surface area contributed by atoms with Crippen molar-refractivity contribution in [2.45, 2.75) is 6.92 Å². The summed E-state index contributed by atoms with van der Waals surface area (Å²) in [5, 5.41) is 19.2. The molecule has 18 heavy (non-hydrogen) atoms. The van der Waals surface area contributed by atoms with E-state index in [0.29, 0.717) is 5.56 Å². The number of anilines is 1. The summed E-state index contributed by atoms with van der Waals surface area (Å²) in [7, 11) is 0. The maximum absolute atomic E-state index is 11.8. The van der Waals surface area contributed by atoms with E-state index < -0.39 is 10.8 Å². The molecule has 0 aliphatic rings. The number of aromatic nitrogens is 3. The number of benzene rings is 1. The summed E-state index contributed by atoms with van der Waals surface area (Å²) < 4.78 is 0. The minimum atomic E-state index is -0.543. The summed E-state index contributed by atoms with van der Waals surface area (Å²) >= 11 is 0. The monoisotopic (exact) mass is 247 g/mol. The van der Waals surface area contributed by atoms with Crippen molar-refractivity contribution in [2.75, 3.05) is 5.32 Å². The first-order chi connectivity index (χ1) is 8.56. The Morgan fingerprint density at radius 2 is 2.22 bits per heavy atom. The van der Waals surface area contributed by atoms with Crippen molar-refractivity contribution < 1.29 is 9.72 Å². The Balaban J connectivity index is 2.27. The van der Waals surface area contributed by atoms with Gasteiger partial charge >= 0.3 is 0 Å². The fourth-order valence-electron chi connectivity index (χ4n) is 1.44. The number of aryl methyl sites for hydroxylation is 1. The molecule has 2 N–H and O–H groups in total. The number of rotatable bonds is 3. The molecule has 1 amide bonds. The Morgan fingerprint density at radius 3 is 2.83 bits per heavy atom. The van der Waals surface area contributed by atoms with Crippen molar-refractivity contribution in [3.63, 3.8) is 0 Å². The maximum Gasteiger partial charge on any atom is 0.270 e. The van der Waals surface area contributed by atoms with Crippen LogP contribution < -0.4 is 5.32 Å². The van der Waals surface area contributed by atoms with Gasteiger partial charge in [-0.3, -0.25) is 20.2 Å². The van der Waals surface area contributed by atoms with Crippen LogP contribution in [-0.2, 0) is 0 Å². The van der Waals surface area contributed by atoms with Gasteiger partial charge in [0.2, 0.25) is 5.95 Å². The number of hydrogen-bond donors (Lipinski definition) is 2. The number of aromatic amines is 1. The number of nitrogens with zero attached hydrogens (tertiary/aromatic N) is 3. The van der Waals surface area contributed by atoms with Gasteiger partial charge in [-0.05, 0) is 18.6 Å². The number of H-pyrrole nitrogens is 1. The third-order valence-corrected chi connectivity index (χ3v) is 2.18. The lowest BCUT2D eigenvalue weighted by Crippen LogP contribution is -2.13. The Hall–Kier alpha value is -2.77. The molecule has 0 aliphatic heterocycles. The number of hydrogen-bond acceptors (Lipinski definition) is 5. The molecule has 92 valence electrons. The summed E-state index contributed by atoms with van der Waals surface area (Å²) in [6.45, 7) is 1.68. The zero-order valence-electron chi connectivity index (χ0n) is 9.38. The average Bonchev–Trinajstić information content (AvgIpc) is 2.80. The smallest absolute Gasteiger partial charge is 0.270 e. The predicted octanol–water partition coefficient (Wildman–Crippen LogP) is 1.27. The van der Waals surface area contributed by atoms with E-state index >= 15 is 0 Å². The highest BCUT2D eigenvalue weighted by Crippen LogP contribution is 2.17. The molecule has 0 saturated carbocycles. The second kappa shape index (κ2) is 4.62. The number of non-ortho nitro benzene ring substituents is 1. The third-order valence-electron chi connectivity index (χ3n) is 2.18. The summed E-state index contributed by atoms with van der Waals surface area (Å²) in [5.41, 5.74) is 0.697. The van der Waals surface area contributed by atoms with Gasteiger partial charge in [-0.15, -0.1) is 0 Å². The van der Waals surface area contributed by atoms with Crippen LogP contribution in [0, 0.1) is 17.0 Å². The number of carbonyl (C=O) groups is 1. The lowest BCUT2D eigenvalue weighted by atomic mass is 10.1. The van der Waals surface area contributed by atoms with Gasteiger partial charge in [-0.1, -0.05) is 0 Å². The Morgan fingerprint density at radius 1 is 1.44 bits per heavy atom. The maximum atomic E-state index is 11.8. The quantitative estimate of drug-likeness (QED) is 0.626. The lowest BCUT2D eigenvalue weighted by Gasteiger charge is -2.03. The van der Waals surface area contributed by atoms with Crippen LogP contribution in [-0.4, -0.2) is 26.0 Å². The Kier molecular flexibility index (Phi) is 3.00. The molecule has 0 unspecified atom stereocenters. The van der Waals surface area contributed by atoms with E-state index in [1.54, 1.807) is 13.0 Å². The first-order valence-corrected chi connectivity index (χ1v) is 4.99. The van der Waals surface area contributed by atoms with Gasteiger partial charge in [-0.25, -0.2) is 5.10 Å². The molecular formula is C10H9N5O3. The van der Waals surface area contributed by atoms with E-state index in [4.69, 9.17) is 0 Å². The molecule has 0 fully saturated rings. The first-order valence-electron chi connectivity index (χ1n) is 4.99. The highest BCUT2D eigenvalue weighted by atomic mass is 16.6. The van der Waals surface area contributed by atoms with Crippen LogP contribution in [0.3, 0.4) is 0 Å². The van der Waals surface area contributed by atoms with E-state index in [0.717, 1.165) is 0 Å². The first kappa shape index (κ1) is 11.7. The number of nitrogens with one attached hydrogen (secondary N) is 2. The molecule has 2 rings (SSSR count). The summed E-state index contributed by atoms with van der Waals surface area (Å²) in [4.78, 5) is 25.7. The fourth-order valence-corrected chi connectivity index (χ4v) is 1.44. The van der Waals surface area contributed by atoms with Crippen LogP contribution in [0.25, 0.3) is 0 Å². The molecule has 1 heterocycles. The number of nitro benzene ring substituents is 1. The van der Waals surface area contributed by atoms with Gasteiger partial charge < -0.3 is 0 Å². The average molecular weight is 247 g/mol. The van der Waals surface area contributed by atoms with Gasteiger partial charge in [0.05, 0.1) is 4.92 Å². The number of nitro groups is 1. The summed E-state index contributed by atoms with van der Waals surface area (Å²) in [6, 6.07) is 4.16. The predicted molar refractivity (Wildman–Crippen MR) is 62.2 cm³/mol. The van der Waals surface area contributed by atoms with E-state index in [9.17, 15) is 14.9 Å². The van der Waals surface area contributed by atoms with Crippen LogP contribution >= 0.6 is 0 Å². The van der Waals surface area contributed by atoms with Crippen LogP contribution in [0.1, 0.15) is 15.9 Å². The SMILES string of the molecule is Cc1cc(C(=O)Nc2ncn[nH]2)cc([N+](=O)[O-])c1. The van der Waals surface area contributed by atoms with E-state index in [2.05, 4.69) is 20.5 Å². The highest BCUT2D eigenvalue weighted by Gasteiger charge is 2.14. The van der Waals surface area contributed by atoms with Crippen molar-refractivity contribution in [1.29, 1.82) is 0 Å². The lowest BCUT2D eigenvalue weighted by molar-refractivity contribution is -0.384. The molecule has 0 saturated heterocycles. The molecule has 1 aromatic carbocycles. The third kappa shape index (κ3) is 2.48. The van der Waals surface area contributed by atoms with Crippen molar-refractivity contribution in [3.8, 4) is 0 Å². The zero-order chi connectivity index (χ0) is 13.1. The highest BCUT2D eigenvalue weighted by molar-refractivity contribution is 6.03. The largest absolute Gasteiger partial charge is 0.291 e. The van der Waals surface area contributed by atoms with Crippen molar-refractivity contribution in [2.24, 2.45) is 0 Å². The van der Waals surface area contributed by atoms with E-state index in [1.165, 1.54) is 18.5 Å². The van der Waals surface area contributed by atoms with Gasteiger partial charge in [-0.2, -0.15) is 10.1 Å². The van der Waals surface area contributed by atoms with E-state index in [-0.39, 0.29) is 17.2 Å². The van der Waals surface area contributed by atoms with Crippen molar-refractivity contribution >= 4 is 17.5 Å². The second-order valence-corrected chi connectivity index (χ2v) is 3.60. The standard InChI is InChI=1S/C10H9N5O3/c1-6-2-7(4-8(3-6)15(17)18)9(16)13-10-11-5-12-14-10/h2-5H,1H3,(H2,11,12,13,14,16). The second-order valence-electron chi connectivity index (χ2n) is 3.60. The van der Waals surface area contributed by atoms with Crippen LogP contribution in [0.2, 0.25) is 0 Å². The molecule has 1 aromatic heterocycles. The molecule has 8 nitrogen and oxygen atoms in total. The van der Waals surface area contributed by atoms with Crippen LogP contribution in [0.15, 0.2) is 24.5 Å². The normalized spacial score (nSPS) is 10.1. The van der Waals surface area contributed by atoms with Crippen LogP contribution in [0.5, 0.6) is 0 Å². The molecule has 0 atom stereocenters. The molecule has 0 bridgehead atoms. The van der Waals surface area contributed by atoms with Crippen LogP contribution in [0.4, 0.5) is 11.6 Å². The molecular weight excluding hydrogens is 238 g/mol. The molecule has 0 aliphatic carbocycles. The van der Waals surface area contributed by atoms with Crippen molar-refractivity contribution in [1.82, 2.24) is 15.2 Å². The van der Waals surface area contributed by atoms with E-state index in [1.807, 2.05) is 0 Å². The zero-order valence-corrected chi connectivity index (χ0v) is 9.38. The molecule has 0 spiro atoms. The minimum Gasteiger partial charge on any atom is -0.291 e. The molecule has 8 heteroatoms. The van der Waals surface area contributed by atoms with Crippen molar-refractivity contribution in [3.05, 3.63) is 45.8 Å². The molecule has 2 aromatic rings. The Bertz CT molecular complexity index is 594. The van der Waals surface area contributed by atoms with Gasteiger partial charge in [0.1, 0.15) is 6.33 Å².